The van der Waals surface area contributed by atoms with E-state index in [-0.39, 0.29) is 5.91 Å². The number of hydrazone groups is 1. The predicted molar refractivity (Wildman–Crippen MR) is 123 cm³/mol. The van der Waals surface area contributed by atoms with Crippen LogP contribution >= 0.6 is 35.0 Å². The fourth-order valence-electron chi connectivity index (χ4n) is 2.94. The number of carbonyl (C=O) groups excluding carboxylic acids is 1. The third-order valence-corrected chi connectivity index (χ3v) is 5.97. The molecule has 0 saturated heterocycles. The minimum absolute atomic E-state index is 0.154. The average molecular weight is 446 g/mol. The molecular formula is C22H21Cl2N3OS. The summed E-state index contributed by atoms with van der Waals surface area (Å²) in [5.41, 5.74) is 7.43. The number of nitrogens with one attached hydrogen (secondary N) is 1. The fraction of sp³-hybridized carbons (Fsp3) is 0.182. The maximum atomic E-state index is 12.1. The first-order chi connectivity index (χ1) is 13.8. The van der Waals surface area contributed by atoms with Crippen LogP contribution in [0.4, 0.5) is 0 Å². The van der Waals surface area contributed by atoms with Crippen molar-refractivity contribution in [2.45, 2.75) is 25.7 Å². The van der Waals surface area contributed by atoms with Crippen LogP contribution in [0, 0.1) is 20.8 Å². The first kappa shape index (κ1) is 21.5. The van der Waals surface area contributed by atoms with Crippen molar-refractivity contribution in [3.8, 4) is 5.69 Å². The number of rotatable bonds is 6. The van der Waals surface area contributed by atoms with Crippen molar-refractivity contribution < 1.29 is 4.79 Å². The minimum Gasteiger partial charge on any atom is -0.316 e. The third-order valence-electron chi connectivity index (χ3n) is 4.40. The lowest BCUT2D eigenvalue weighted by molar-refractivity contribution is -0.118. The molecular weight excluding hydrogens is 425 g/mol. The number of thioether (sulfide) groups is 1. The van der Waals surface area contributed by atoms with E-state index in [0.717, 1.165) is 27.5 Å². The molecule has 4 nitrogen and oxygen atoms in total. The fourth-order valence-corrected chi connectivity index (χ4v) is 3.99. The molecule has 0 spiro atoms. The molecule has 3 aromatic rings. The number of nitrogens with zero attached hydrogens (tertiary/aromatic N) is 2. The topological polar surface area (TPSA) is 46.4 Å². The lowest BCUT2D eigenvalue weighted by atomic mass is 10.2. The number of hydrogen-bond donors (Lipinski definition) is 1. The Morgan fingerprint density at radius 3 is 2.55 bits per heavy atom. The number of halogens is 2. The highest BCUT2D eigenvalue weighted by molar-refractivity contribution is 8.00. The van der Waals surface area contributed by atoms with E-state index in [1.165, 1.54) is 17.3 Å². The number of aryl methyl sites for hydroxylation is 2. The summed E-state index contributed by atoms with van der Waals surface area (Å²) in [6.45, 7) is 5.99. The molecule has 0 saturated carbocycles. The Kier molecular flexibility index (Phi) is 7.06. The van der Waals surface area contributed by atoms with E-state index in [0.29, 0.717) is 15.8 Å². The Morgan fingerprint density at radius 1 is 1.10 bits per heavy atom. The zero-order chi connectivity index (χ0) is 21.0. The summed E-state index contributed by atoms with van der Waals surface area (Å²) in [6.07, 6.45) is 1.64. The van der Waals surface area contributed by atoms with E-state index in [9.17, 15) is 4.79 Å². The van der Waals surface area contributed by atoms with Crippen LogP contribution in [-0.2, 0) is 4.79 Å². The Balaban J connectivity index is 1.66. The van der Waals surface area contributed by atoms with E-state index in [2.05, 4.69) is 10.5 Å². The maximum absolute atomic E-state index is 12.1. The van der Waals surface area contributed by atoms with Crippen molar-refractivity contribution in [2.24, 2.45) is 5.10 Å². The van der Waals surface area contributed by atoms with Crippen LogP contribution in [-0.4, -0.2) is 22.4 Å². The molecule has 0 radical (unpaired) electrons. The smallest absolute Gasteiger partial charge is 0.250 e. The van der Waals surface area contributed by atoms with Gasteiger partial charge in [-0.1, -0.05) is 40.9 Å². The molecule has 0 aliphatic rings. The van der Waals surface area contributed by atoms with Gasteiger partial charge in [0.25, 0.3) is 0 Å². The van der Waals surface area contributed by atoms with Gasteiger partial charge in [0.15, 0.2) is 0 Å². The summed E-state index contributed by atoms with van der Waals surface area (Å²) in [7, 11) is 0. The Bertz CT molecular complexity index is 1060. The number of benzene rings is 2. The van der Waals surface area contributed by atoms with Gasteiger partial charge in [0.2, 0.25) is 5.91 Å². The molecule has 150 valence electrons. The molecule has 0 aliphatic heterocycles. The van der Waals surface area contributed by atoms with E-state index in [4.69, 9.17) is 23.2 Å². The Labute approximate surface area is 184 Å². The lowest BCUT2D eigenvalue weighted by Crippen LogP contribution is -2.19. The van der Waals surface area contributed by atoms with Crippen LogP contribution in [0.2, 0.25) is 10.0 Å². The van der Waals surface area contributed by atoms with Gasteiger partial charge in [0.1, 0.15) is 0 Å². The van der Waals surface area contributed by atoms with Crippen LogP contribution in [0.25, 0.3) is 5.69 Å². The number of carbonyl (C=O) groups is 1. The summed E-state index contributed by atoms with van der Waals surface area (Å²) in [6, 6.07) is 15.4. The molecule has 1 aromatic heterocycles. The number of hydrogen-bond acceptors (Lipinski definition) is 3. The van der Waals surface area contributed by atoms with Gasteiger partial charge in [0, 0.05) is 26.9 Å². The highest BCUT2D eigenvalue weighted by atomic mass is 35.5. The number of amides is 1. The molecule has 0 unspecified atom stereocenters. The van der Waals surface area contributed by atoms with Crippen molar-refractivity contribution in [1.82, 2.24) is 9.99 Å². The van der Waals surface area contributed by atoms with E-state index >= 15 is 0 Å². The van der Waals surface area contributed by atoms with Crippen LogP contribution in [0.15, 0.2) is 58.5 Å². The quantitative estimate of drug-likeness (QED) is 0.289. The standard InChI is InChI=1S/C22H21Cl2N3OS/c1-14-4-7-19(8-5-14)29-13-22(28)26-25-12-17-10-15(2)27(16(17)3)21-11-18(23)6-9-20(21)24/h4-12H,13H2,1-3H3,(H,26,28)/b25-12-. The normalized spacial score (nSPS) is 11.2. The molecule has 1 N–H and O–H groups in total. The van der Waals surface area contributed by atoms with Crippen molar-refractivity contribution in [3.63, 3.8) is 0 Å². The second kappa shape index (κ2) is 9.53. The number of aromatic nitrogens is 1. The summed E-state index contributed by atoms with van der Waals surface area (Å²) < 4.78 is 2.02. The van der Waals surface area contributed by atoms with Gasteiger partial charge < -0.3 is 4.57 Å². The van der Waals surface area contributed by atoms with Gasteiger partial charge in [-0.3, -0.25) is 4.79 Å². The highest BCUT2D eigenvalue weighted by Gasteiger charge is 2.12. The van der Waals surface area contributed by atoms with E-state index in [1.54, 1.807) is 18.3 Å². The van der Waals surface area contributed by atoms with Crippen LogP contribution < -0.4 is 5.43 Å². The summed E-state index contributed by atoms with van der Waals surface area (Å²) >= 11 is 14.0. The van der Waals surface area contributed by atoms with Crippen LogP contribution in [0.3, 0.4) is 0 Å². The second-order valence-electron chi connectivity index (χ2n) is 6.65. The van der Waals surface area contributed by atoms with Gasteiger partial charge in [-0.2, -0.15) is 5.10 Å². The van der Waals surface area contributed by atoms with Gasteiger partial charge >= 0.3 is 0 Å². The summed E-state index contributed by atoms with van der Waals surface area (Å²) in [5.74, 6) is 0.149. The van der Waals surface area contributed by atoms with E-state index < -0.39 is 0 Å². The Hall–Kier alpha value is -2.21. The maximum Gasteiger partial charge on any atom is 0.250 e. The van der Waals surface area contributed by atoms with Crippen LogP contribution in [0.1, 0.15) is 22.5 Å². The largest absolute Gasteiger partial charge is 0.316 e. The summed E-state index contributed by atoms with van der Waals surface area (Å²) in [4.78, 5) is 13.1. The molecule has 2 aromatic carbocycles. The highest BCUT2D eigenvalue weighted by Crippen LogP contribution is 2.28. The minimum atomic E-state index is -0.154. The van der Waals surface area contributed by atoms with Crippen molar-refractivity contribution in [3.05, 3.63) is 81.1 Å². The van der Waals surface area contributed by atoms with Gasteiger partial charge in [0.05, 0.1) is 22.7 Å². The zero-order valence-corrected chi connectivity index (χ0v) is 18.7. The predicted octanol–water partition coefficient (Wildman–Crippen LogP) is 5.95. The lowest BCUT2D eigenvalue weighted by Gasteiger charge is -2.12. The Morgan fingerprint density at radius 2 is 1.83 bits per heavy atom. The summed E-state index contributed by atoms with van der Waals surface area (Å²) in [5, 5.41) is 5.33. The molecule has 0 aliphatic carbocycles. The van der Waals surface area contributed by atoms with Gasteiger partial charge in [-0.25, -0.2) is 5.43 Å². The van der Waals surface area contributed by atoms with Crippen LogP contribution in [0.5, 0.6) is 0 Å². The first-order valence-electron chi connectivity index (χ1n) is 9.01. The second-order valence-corrected chi connectivity index (χ2v) is 8.54. The zero-order valence-electron chi connectivity index (χ0n) is 16.4. The van der Waals surface area contributed by atoms with Gasteiger partial charge in [-0.15, -0.1) is 11.8 Å². The first-order valence-corrected chi connectivity index (χ1v) is 10.7. The van der Waals surface area contributed by atoms with Crippen molar-refractivity contribution >= 4 is 47.1 Å². The molecule has 0 fully saturated rings. The molecule has 7 heteroatoms. The molecule has 1 amide bonds. The molecule has 1 heterocycles. The SMILES string of the molecule is Cc1ccc(SCC(=O)N/N=C\c2cc(C)n(-c3cc(Cl)ccc3Cl)c2C)cc1. The average Bonchev–Trinajstić information content (AvgIpc) is 2.97. The molecule has 0 bridgehead atoms. The molecule has 0 atom stereocenters. The molecule has 3 rings (SSSR count). The monoisotopic (exact) mass is 445 g/mol. The van der Waals surface area contributed by atoms with E-state index in [1.807, 2.05) is 61.7 Å². The van der Waals surface area contributed by atoms with Crippen molar-refractivity contribution in [1.29, 1.82) is 0 Å². The molecule has 29 heavy (non-hydrogen) atoms. The third kappa shape index (κ3) is 5.44. The van der Waals surface area contributed by atoms with Gasteiger partial charge in [-0.05, 0) is 57.2 Å². The van der Waals surface area contributed by atoms with Crippen molar-refractivity contribution in [2.75, 3.05) is 5.75 Å².